The zero-order valence-corrected chi connectivity index (χ0v) is 6.31. The van der Waals surface area contributed by atoms with Crippen molar-refractivity contribution < 1.29 is 1.37 Å². The van der Waals surface area contributed by atoms with Gasteiger partial charge in [0, 0.05) is 1.37 Å². The monoisotopic (exact) mass is 123 g/mol. The Kier molecular flexibility index (Phi) is 2.32. The van der Waals surface area contributed by atoms with E-state index in [0.717, 1.165) is 0 Å². The van der Waals surface area contributed by atoms with Gasteiger partial charge >= 0.3 is 0 Å². The molecule has 50 valence electrons. The Morgan fingerprint density at radius 3 is 1.89 bits per heavy atom. The van der Waals surface area contributed by atoms with E-state index in [-0.39, 0.29) is 0 Å². The summed E-state index contributed by atoms with van der Waals surface area (Å²) in [5.41, 5.74) is 2.68. The summed E-state index contributed by atoms with van der Waals surface area (Å²) in [6.45, 7) is 4.21. The lowest BCUT2D eigenvalue weighted by molar-refractivity contribution is 1.39. The largest absolute Gasteiger partial charge is 0.0776 e. The van der Waals surface area contributed by atoms with Gasteiger partial charge in [-0.2, -0.15) is 0 Å². The summed E-state index contributed by atoms with van der Waals surface area (Å²) in [6, 6.07) is 8.45. The summed E-state index contributed by atoms with van der Waals surface area (Å²) in [7, 11) is 1.25. The molecule has 0 N–H and O–H groups in total. The standard InChI is InChI=1S/C8H10.CH4/c1-7-4-3-5-8(2)6-7;/h3-6H,1-2H3;1H4/i;1D. The molecule has 9 heavy (non-hydrogen) atoms. The third kappa shape index (κ3) is 2.31. The average Bonchev–Trinajstić information content (AvgIpc) is 1.91. The minimum atomic E-state index is 1.25. The SMILES string of the molecule is Cc1cccc(C)c1.[2H]C. The molecule has 0 nitrogen and oxygen atoms in total. The van der Waals surface area contributed by atoms with Crippen LogP contribution in [0.2, 0.25) is 0 Å². The van der Waals surface area contributed by atoms with Gasteiger partial charge in [-0.1, -0.05) is 42.8 Å². The summed E-state index contributed by atoms with van der Waals surface area (Å²) in [5.74, 6) is 0. The molecule has 0 aromatic heterocycles. The fourth-order valence-electron chi connectivity index (χ4n) is 0.807. The van der Waals surface area contributed by atoms with E-state index in [2.05, 4.69) is 38.1 Å². The van der Waals surface area contributed by atoms with Crippen molar-refractivity contribution in [2.24, 2.45) is 0 Å². The van der Waals surface area contributed by atoms with Crippen LogP contribution in [-0.4, -0.2) is 0 Å². The Hall–Kier alpha value is -0.780. The van der Waals surface area contributed by atoms with E-state index in [1.54, 1.807) is 0 Å². The molecule has 0 bridgehead atoms. The molecule has 0 aliphatic carbocycles. The molecule has 0 aliphatic heterocycles. The second kappa shape index (κ2) is 3.29. The van der Waals surface area contributed by atoms with Gasteiger partial charge in [-0.3, -0.25) is 0 Å². The van der Waals surface area contributed by atoms with Gasteiger partial charge < -0.3 is 0 Å². The Balaban J connectivity index is 0.000000371. The molecule has 0 heterocycles. The number of hydrogen-bond donors (Lipinski definition) is 0. The lowest BCUT2D eigenvalue weighted by Crippen LogP contribution is -1.71. The van der Waals surface area contributed by atoms with Crippen LogP contribution >= 0.6 is 0 Å². The van der Waals surface area contributed by atoms with Gasteiger partial charge in [-0.15, -0.1) is 0 Å². The van der Waals surface area contributed by atoms with Gasteiger partial charge in [0.15, 0.2) is 0 Å². The smallest absolute Gasteiger partial charge is 0.0194 e. The van der Waals surface area contributed by atoms with Crippen LogP contribution in [0.4, 0.5) is 0 Å². The van der Waals surface area contributed by atoms with Crippen LogP contribution in [0.1, 0.15) is 19.9 Å². The Morgan fingerprint density at radius 2 is 1.67 bits per heavy atom. The van der Waals surface area contributed by atoms with Gasteiger partial charge in [0.25, 0.3) is 0 Å². The van der Waals surface area contributed by atoms with Crippen LogP contribution in [0.15, 0.2) is 24.3 Å². The molecule has 1 aromatic carbocycles. The molecule has 0 heteroatoms. The van der Waals surface area contributed by atoms with E-state index in [9.17, 15) is 0 Å². The summed E-state index contributed by atoms with van der Waals surface area (Å²) < 4.78 is 5.75. The third-order valence-electron chi connectivity index (χ3n) is 1.17. The maximum Gasteiger partial charge on any atom is 0.0194 e. The van der Waals surface area contributed by atoms with Crippen LogP contribution in [0.3, 0.4) is 0 Å². The number of aryl methyl sites for hydroxylation is 2. The van der Waals surface area contributed by atoms with Crippen molar-refractivity contribution in [1.82, 2.24) is 0 Å². The first-order valence-electron chi connectivity index (χ1n) is 3.82. The van der Waals surface area contributed by atoms with Crippen LogP contribution in [0.25, 0.3) is 0 Å². The fourth-order valence-corrected chi connectivity index (χ4v) is 0.807. The molecule has 0 unspecified atom stereocenters. The summed E-state index contributed by atoms with van der Waals surface area (Å²) >= 11 is 0. The minimum Gasteiger partial charge on any atom is -0.0776 e. The van der Waals surface area contributed by atoms with Crippen molar-refractivity contribution in [3.05, 3.63) is 35.4 Å². The normalized spacial score (nSPS) is 9.00. The lowest BCUT2D eigenvalue weighted by Gasteiger charge is -1.90. The fraction of sp³-hybridized carbons (Fsp3) is 0.333. The molecule has 0 saturated heterocycles. The number of benzene rings is 1. The number of hydrogen-bond acceptors (Lipinski definition) is 0. The van der Waals surface area contributed by atoms with E-state index in [1.807, 2.05) is 0 Å². The van der Waals surface area contributed by atoms with Crippen LogP contribution in [-0.2, 0) is 0 Å². The van der Waals surface area contributed by atoms with Gasteiger partial charge in [-0.25, -0.2) is 0 Å². The zero-order valence-electron chi connectivity index (χ0n) is 7.31. The first-order chi connectivity index (χ1) is 4.79. The van der Waals surface area contributed by atoms with Crippen molar-refractivity contribution in [2.75, 3.05) is 0 Å². The zero-order chi connectivity index (χ0) is 7.98. The van der Waals surface area contributed by atoms with Crippen molar-refractivity contribution in [3.8, 4) is 0 Å². The molecule has 0 aliphatic rings. The van der Waals surface area contributed by atoms with E-state index in [4.69, 9.17) is 1.37 Å². The van der Waals surface area contributed by atoms with Gasteiger partial charge in [-0.05, 0) is 13.8 Å². The highest BCUT2D eigenvalue weighted by Gasteiger charge is 1.80. The Morgan fingerprint density at radius 1 is 1.22 bits per heavy atom. The molecule has 0 amide bonds. The molecule has 1 rings (SSSR count). The third-order valence-corrected chi connectivity index (χ3v) is 1.17. The topological polar surface area (TPSA) is 0 Å². The predicted molar refractivity (Wildman–Crippen MR) is 42.6 cm³/mol. The van der Waals surface area contributed by atoms with Crippen LogP contribution < -0.4 is 0 Å². The van der Waals surface area contributed by atoms with E-state index in [1.165, 1.54) is 18.5 Å². The van der Waals surface area contributed by atoms with E-state index in [0.29, 0.717) is 0 Å². The minimum absolute atomic E-state index is 1.25. The lowest BCUT2D eigenvalue weighted by atomic mass is 10.2. The molecular weight excluding hydrogens is 108 g/mol. The maximum absolute atomic E-state index is 5.75. The molecule has 1 aromatic rings. The Labute approximate surface area is 58.9 Å². The summed E-state index contributed by atoms with van der Waals surface area (Å²) in [6.07, 6.45) is 0. The predicted octanol–water partition coefficient (Wildman–Crippen LogP) is 2.94. The molecular formula is C9H14. The van der Waals surface area contributed by atoms with Crippen molar-refractivity contribution in [3.63, 3.8) is 0 Å². The van der Waals surface area contributed by atoms with Gasteiger partial charge in [0.05, 0.1) is 0 Å². The molecule has 0 spiro atoms. The highest BCUT2D eigenvalue weighted by Crippen LogP contribution is 2.00. The second-order valence-corrected chi connectivity index (χ2v) is 2.16. The van der Waals surface area contributed by atoms with Crippen molar-refractivity contribution in [2.45, 2.75) is 21.3 Å². The molecule has 0 atom stereocenters. The highest BCUT2D eigenvalue weighted by atomic mass is 13.9. The molecule has 0 fully saturated rings. The summed E-state index contributed by atoms with van der Waals surface area (Å²) in [5, 5.41) is 0. The average molecular weight is 123 g/mol. The van der Waals surface area contributed by atoms with Gasteiger partial charge in [0.2, 0.25) is 0 Å². The maximum atomic E-state index is 5.75. The van der Waals surface area contributed by atoms with Gasteiger partial charge in [0.1, 0.15) is 0 Å². The van der Waals surface area contributed by atoms with Crippen molar-refractivity contribution in [1.29, 1.82) is 0 Å². The van der Waals surface area contributed by atoms with Crippen LogP contribution in [0, 0.1) is 13.8 Å². The van der Waals surface area contributed by atoms with E-state index < -0.39 is 0 Å². The quantitative estimate of drug-likeness (QED) is 0.497. The first kappa shape index (κ1) is 6.34. The number of rotatable bonds is 0. The Bertz CT molecular complexity index is 165. The van der Waals surface area contributed by atoms with Crippen molar-refractivity contribution >= 4 is 0 Å². The summed E-state index contributed by atoms with van der Waals surface area (Å²) in [4.78, 5) is 0. The van der Waals surface area contributed by atoms with Crippen LogP contribution in [0.5, 0.6) is 0 Å². The first-order valence-corrected chi connectivity index (χ1v) is 2.82. The highest BCUT2D eigenvalue weighted by molar-refractivity contribution is 5.20. The molecule has 0 radical (unpaired) electrons. The molecule has 0 saturated carbocycles. The van der Waals surface area contributed by atoms with E-state index >= 15 is 0 Å². The second-order valence-electron chi connectivity index (χ2n) is 2.16.